The summed E-state index contributed by atoms with van der Waals surface area (Å²) >= 11 is 6.01. The number of halogens is 1. The fourth-order valence-corrected chi connectivity index (χ4v) is 1.65. The SMILES string of the molecule is Cc1nccc(NC(=O)NC2CC2C)c1Cl. The number of nitrogens with zero attached hydrogens (tertiary/aromatic N) is 1. The molecule has 0 saturated heterocycles. The lowest BCUT2D eigenvalue weighted by molar-refractivity contribution is 0.251. The molecule has 4 nitrogen and oxygen atoms in total. The zero-order valence-electron chi connectivity index (χ0n) is 9.25. The van der Waals surface area contributed by atoms with Crippen molar-refractivity contribution in [3.8, 4) is 0 Å². The van der Waals surface area contributed by atoms with Crippen LogP contribution < -0.4 is 10.6 Å². The molecule has 1 saturated carbocycles. The van der Waals surface area contributed by atoms with E-state index in [9.17, 15) is 4.79 Å². The second kappa shape index (κ2) is 4.29. The number of carbonyl (C=O) groups excluding carboxylic acids is 1. The van der Waals surface area contributed by atoms with E-state index in [0.717, 1.165) is 6.42 Å². The van der Waals surface area contributed by atoms with E-state index in [1.54, 1.807) is 19.2 Å². The third-order valence-electron chi connectivity index (χ3n) is 2.74. The molecular formula is C11H14ClN3O. The number of anilines is 1. The standard InChI is InChI=1S/C11H14ClN3O/c1-6-5-9(6)15-11(16)14-8-3-4-13-7(2)10(8)12/h3-4,6,9H,5H2,1-2H3,(H2,13,14,15,16). The van der Waals surface area contributed by atoms with Gasteiger partial charge in [0.1, 0.15) is 0 Å². The Kier molecular flexibility index (Phi) is 3.01. The molecule has 86 valence electrons. The monoisotopic (exact) mass is 239 g/mol. The van der Waals surface area contributed by atoms with Crippen LogP contribution in [0.5, 0.6) is 0 Å². The molecule has 0 bridgehead atoms. The Bertz CT molecular complexity index is 422. The summed E-state index contributed by atoms with van der Waals surface area (Å²) in [5.74, 6) is 0.584. The number of carbonyl (C=O) groups is 1. The molecule has 0 radical (unpaired) electrons. The van der Waals surface area contributed by atoms with Crippen molar-refractivity contribution in [2.24, 2.45) is 5.92 Å². The van der Waals surface area contributed by atoms with Crippen molar-refractivity contribution in [2.75, 3.05) is 5.32 Å². The van der Waals surface area contributed by atoms with E-state index in [1.807, 2.05) is 0 Å². The van der Waals surface area contributed by atoms with Crippen LogP contribution in [0.2, 0.25) is 5.02 Å². The van der Waals surface area contributed by atoms with Gasteiger partial charge in [-0.05, 0) is 25.3 Å². The average Bonchev–Trinajstić information content (AvgIpc) is 2.89. The Labute approximate surface area is 99.4 Å². The fourth-order valence-electron chi connectivity index (χ4n) is 1.49. The molecule has 16 heavy (non-hydrogen) atoms. The normalized spacial score (nSPS) is 22.7. The highest BCUT2D eigenvalue weighted by Crippen LogP contribution is 2.29. The maximum absolute atomic E-state index is 11.6. The van der Waals surface area contributed by atoms with Gasteiger partial charge in [0.2, 0.25) is 0 Å². The van der Waals surface area contributed by atoms with Crippen molar-refractivity contribution < 1.29 is 4.79 Å². The Hall–Kier alpha value is -1.29. The van der Waals surface area contributed by atoms with E-state index in [0.29, 0.717) is 28.4 Å². The number of urea groups is 1. The summed E-state index contributed by atoms with van der Waals surface area (Å²) in [5.41, 5.74) is 1.30. The van der Waals surface area contributed by atoms with E-state index in [1.165, 1.54) is 0 Å². The van der Waals surface area contributed by atoms with Crippen LogP contribution in [0.4, 0.5) is 10.5 Å². The Morgan fingerprint density at radius 1 is 1.62 bits per heavy atom. The van der Waals surface area contributed by atoms with Crippen LogP contribution in [-0.2, 0) is 0 Å². The third-order valence-corrected chi connectivity index (χ3v) is 3.21. The Morgan fingerprint density at radius 3 is 2.94 bits per heavy atom. The van der Waals surface area contributed by atoms with E-state index >= 15 is 0 Å². The van der Waals surface area contributed by atoms with E-state index < -0.39 is 0 Å². The Balaban J connectivity index is 1.98. The summed E-state index contributed by atoms with van der Waals surface area (Å²) < 4.78 is 0. The maximum atomic E-state index is 11.6. The number of aryl methyl sites for hydroxylation is 1. The van der Waals surface area contributed by atoms with E-state index in [-0.39, 0.29) is 6.03 Å². The lowest BCUT2D eigenvalue weighted by atomic mass is 10.3. The van der Waals surface area contributed by atoms with Gasteiger partial charge in [-0.25, -0.2) is 4.79 Å². The van der Waals surface area contributed by atoms with Crippen molar-refractivity contribution in [1.29, 1.82) is 0 Å². The third kappa shape index (κ3) is 2.44. The molecule has 2 unspecified atom stereocenters. The van der Waals surface area contributed by atoms with Crippen LogP contribution in [0, 0.1) is 12.8 Å². The molecule has 1 fully saturated rings. The number of hydrogen-bond donors (Lipinski definition) is 2. The number of aromatic nitrogens is 1. The maximum Gasteiger partial charge on any atom is 0.319 e. The van der Waals surface area contributed by atoms with Crippen molar-refractivity contribution >= 4 is 23.3 Å². The molecule has 2 rings (SSSR count). The first-order chi connectivity index (χ1) is 7.58. The molecule has 0 aliphatic heterocycles. The van der Waals surface area contributed by atoms with Gasteiger partial charge in [0.15, 0.2) is 0 Å². The van der Waals surface area contributed by atoms with Gasteiger partial charge in [0.05, 0.1) is 16.4 Å². The first kappa shape index (κ1) is 11.2. The number of hydrogen-bond acceptors (Lipinski definition) is 2. The number of pyridine rings is 1. The molecule has 5 heteroatoms. The van der Waals surface area contributed by atoms with Crippen molar-refractivity contribution in [2.45, 2.75) is 26.3 Å². The second-order valence-corrected chi connectivity index (χ2v) is 4.55. The summed E-state index contributed by atoms with van der Waals surface area (Å²) in [6, 6.07) is 1.79. The summed E-state index contributed by atoms with van der Waals surface area (Å²) in [6.07, 6.45) is 2.67. The minimum absolute atomic E-state index is 0.207. The zero-order valence-corrected chi connectivity index (χ0v) is 10.0. The van der Waals surface area contributed by atoms with E-state index in [4.69, 9.17) is 11.6 Å². The summed E-state index contributed by atoms with van der Waals surface area (Å²) in [6.45, 7) is 3.91. The predicted molar refractivity (Wildman–Crippen MR) is 63.7 cm³/mol. The van der Waals surface area contributed by atoms with Crippen LogP contribution in [0.3, 0.4) is 0 Å². The second-order valence-electron chi connectivity index (χ2n) is 4.18. The van der Waals surface area contributed by atoms with Crippen LogP contribution >= 0.6 is 11.6 Å². The van der Waals surface area contributed by atoms with Gasteiger partial charge in [-0.2, -0.15) is 0 Å². The van der Waals surface area contributed by atoms with Gasteiger partial charge in [0, 0.05) is 12.2 Å². The molecule has 1 aliphatic carbocycles. The quantitative estimate of drug-likeness (QED) is 0.834. The molecule has 2 atom stereocenters. The van der Waals surface area contributed by atoms with Gasteiger partial charge in [0.25, 0.3) is 0 Å². The highest BCUT2D eigenvalue weighted by Gasteiger charge is 2.33. The smallest absolute Gasteiger partial charge is 0.319 e. The van der Waals surface area contributed by atoms with Crippen LogP contribution in [0.1, 0.15) is 19.0 Å². The van der Waals surface area contributed by atoms with Gasteiger partial charge < -0.3 is 10.6 Å². The average molecular weight is 240 g/mol. The molecule has 2 N–H and O–H groups in total. The molecular weight excluding hydrogens is 226 g/mol. The lowest BCUT2D eigenvalue weighted by Crippen LogP contribution is -2.31. The topological polar surface area (TPSA) is 54.0 Å². The van der Waals surface area contributed by atoms with Crippen molar-refractivity contribution in [1.82, 2.24) is 10.3 Å². The lowest BCUT2D eigenvalue weighted by Gasteiger charge is -2.09. The Morgan fingerprint density at radius 2 is 2.31 bits per heavy atom. The molecule has 1 aromatic heterocycles. The molecule has 1 aliphatic rings. The molecule has 0 spiro atoms. The van der Waals surface area contributed by atoms with Gasteiger partial charge in [-0.1, -0.05) is 18.5 Å². The number of amides is 2. The zero-order chi connectivity index (χ0) is 11.7. The van der Waals surface area contributed by atoms with E-state index in [2.05, 4.69) is 22.5 Å². The highest BCUT2D eigenvalue weighted by atomic mass is 35.5. The van der Waals surface area contributed by atoms with Gasteiger partial charge >= 0.3 is 6.03 Å². The number of nitrogens with one attached hydrogen (secondary N) is 2. The van der Waals surface area contributed by atoms with Gasteiger partial charge in [-0.15, -0.1) is 0 Å². The summed E-state index contributed by atoms with van der Waals surface area (Å²) in [7, 11) is 0. The largest absolute Gasteiger partial charge is 0.335 e. The van der Waals surface area contributed by atoms with Crippen molar-refractivity contribution in [3.63, 3.8) is 0 Å². The predicted octanol–water partition coefficient (Wildman–Crippen LogP) is 2.57. The molecule has 2 amide bonds. The highest BCUT2D eigenvalue weighted by molar-refractivity contribution is 6.34. The number of rotatable bonds is 2. The van der Waals surface area contributed by atoms with Crippen LogP contribution in [-0.4, -0.2) is 17.1 Å². The van der Waals surface area contributed by atoms with Crippen LogP contribution in [0.15, 0.2) is 12.3 Å². The van der Waals surface area contributed by atoms with Crippen LogP contribution in [0.25, 0.3) is 0 Å². The summed E-state index contributed by atoms with van der Waals surface area (Å²) in [5, 5.41) is 6.08. The first-order valence-electron chi connectivity index (χ1n) is 5.26. The minimum Gasteiger partial charge on any atom is -0.335 e. The fraction of sp³-hybridized carbons (Fsp3) is 0.455. The molecule has 1 aromatic rings. The molecule has 1 heterocycles. The minimum atomic E-state index is -0.207. The first-order valence-corrected chi connectivity index (χ1v) is 5.64. The van der Waals surface area contributed by atoms with Gasteiger partial charge in [-0.3, -0.25) is 4.98 Å². The molecule has 0 aromatic carbocycles. The van der Waals surface area contributed by atoms with Crippen molar-refractivity contribution in [3.05, 3.63) is 23.0 Å². The summed E-state index contributed by atoms with van der Waals surface area (Å²) in [4.78, 5) is 15.6.